The van der Waals surface area contributed by atoms with E-state index in [1.165, 1.54) is 6.08 Å². The number of carbonyl (C=O) groups excluding carboxylic acids is 1. The predicted molar refractivity (Wildman–Crippen MR) is 61.8 cm³/mol. The topological polar surface area (TPSA) is 55.1 Å². The number of benzene rings is 1. The van der Waals surface area contributed by atoms with Gasteiger partial charge in [-0.3, -0.25) is 4.79 Å². The number of hydrogen-bond donors (Lipinski definition) is 1. The summed E-state index contributed by atoms with van der Waals surface area (Å²) >= 11 is 0. The summed E-state index contributed by atoms with van der Waals surface area (Å²) in [6, 6.07) is 5.77. The summed E-state index contributed by atoms with van der Waals surface area (Å²) in [6.07, 6.45) is 2.94. The molecule has 0 spiro atoms. The molecule has 0 aliphatic rings. The lowest BCUT2D eigenvalue weighted by molar-refractivity contribution is -0.115. The normalized spacial score (nSPS) is 11.1. The Kier molecular flexibility index (Phi) is 2.72. The Morgan fingerprint density at radius 2 is 2.31 bits per heavy atom. The fourth-order valence-electron chi connectivity index (χ4n) is 1.36. The van der Waals surface area contributed by atoms with E-state index in [4.69, 9.17) is 4.42 Å². The number of nitrogens with zero attached hydrogens (tertiary/aromatic N) is 1. The van der Waals surface area contributed by atoms with Crippen LogP contribution < -0.4 is 5.32 Å². The molecule has 0 aliphatic carbocycles. The highest BCUT2D eigenvalue weighted by molar-refractivity contribution is 5.91. The van der Waals surface area contributed by atoms with Gasteiger partial charge in [0, 0.05) is 19.2 Å². The van der Waals surface area contributed by atoms with E-state index in [0.717, 1.165) is 16.7 Å². The van der Waals surface area contributed by atoms with Crippen molar-refractivity contribution in [3.05, 3.63) is 35.7 Å². The fourth-order valence-corrected chi connectivity index (χ4v) is 1.36. The molecule has 0 unspecified atom stereocenters. The molecular weight excluding hydrogens is 204 g/mol. The van der Waals surface area contributed by atoms with E-state index in [1.54, 1.807) is 13.1 Å². The van der Waals surface area contributed by atoms with Crippen LogP contribution in [0.15, 0.2) is 28.7 Å². The van der Waals surface area contributed by atoms with Gasteiger partial charge in [-0.15, -0.1) is 0 Å². The maximum Gasteiger partial charge on any atom is 0.243 e. The second-order valence-electron chi connectivity index (χ2n) is 3.47. The molecule has 0 saturated carbocycles. The second kappa shape index (κ2) is 4.18. The van der Waals surface area contributed by atoms with Crippen LogP contribution in [0.5, 0.6) is 0 Å². The Labute approximate surface area is 93.0 Å². The molecule has 1 aromatic heterocycles. The molecule has 0 saturated heterocycles. The first-order valence-electron chi connectivity index (χ1n) is 4.96. The minimum absolute atomic E-state index is 0.182. The summed E-state index contributed by atoms with van der Waals surface area (Å²) in [7, 11) is 1.57. The number of oxazole rings is 1. The highest BCUT2D eigenvalue weighted by atomic mass is 16.3. The SMILES string of the molecule is CNC(=O)/C=C/c1nc2cc(C)ccc2o1. The van der Waals surface area contributed by atoms with E-state index in [9.17, 15) is 4.79 Å². The number of hydrogen-bond acceptors (Lipinski definition) is 3. The van der Waals surface area contributed by atoms with Gasteiger partial charge in [-0.1, -0.05) is 6.07 Å². The van der Waals surface area contributed by atoms with Gasteiger partial charge in [-0.05, 0) is 24.6 Å². The van der Waals surface area contributed by atoms with Crippen LogP contribution in [-0.4, -0.2) is 17.9 Å². The monoisotopic (exact) mass is 216 g/mol. The lowest BCUT2D eigenvalue weighted by Gasteiger charge is -1.87. The molecule has 4 nitrogen and oxygen atoms in total. The van der Waals surface area contributed by atoms with Gasteiger partial charge in [0.1, 0.15) is 5.52 Å². The molecule has 2 rings (SSSR count). The molecule has 0 bridgehead atoms. The Hall–Kier alpha value is -2.10. The van der Waals surface area contributed by atoms with Crippen molar-refractivity contribution in [1.82, 2.24) is 10.3 Å². The molecule has 0 aliphatic heterocycles. The molecule has 1 N–H and O–H groups in total. The van der Waals surface area contributed by atoms with Crippen molar-refractivity contribution < 1.29 is 9.21 Å². The van der Waals surface area contributed by atoms with Crippen LogP contribution in [0.25, 0.3) is 17.2 Å². The number of rotatable bonds is 2. The highest BCUT2D eigenvalue weighted by Gasteiger charge is 2.02. The van der Waals surface area contributed by atoms with Crippen LogP contribution in [-0.2, 0) is 4.79 Å². The molecule has 16 heavy (non-hydrogen) atoms. The van der Waals surface area contributed by atoms with Gasteiger partial charge in [-0.25, -0.2) is 4.98 Å². The van der Waals surface area contributed by atoms with Crippen LogP contribution >= 0.6 is 0 Å². The highest BCUT2D eigenvalue weighted by Crippen LogP contribution is 2.17. The third-order valence-electron chi connectivity index (χ3n) is 2.18. The molecule has 2 aromatic rings. The van der Waals surface area contributed by atoms with Crippen LogP contribution in [0.1, 0.15) is 11.5 Å². The van der Waals surface area contributed by atoms with Crippen LogP contribution in [0.4, 0.5) is 0 Å². The van der Waals surface area contributed by atoms with Crippen molar-refractivity contribution in [2.75, 3.05) is 7.05 Å². The molecule has 1 amide bonds. The van der Waals surface area contributed by atoms with Gasteiger partial charge in [0.25, 0.3) is 0 Å². The van der Waals surface area contributed by atoms with Crippen LogP contribution in [0.3, 0.4) is 0 Å². The molecule has 0 fully saturated rings. The van der Waals surface area contributed by atoms with Gasteiger partial charge in [-0.2, -0.15) is 0 Å². The maximum absolute atomic E-state index is 11.0. The number of nitrogens with one attached hydrogen (secondary N) is 1. The molecule has 1 heterocycles. The largest absolute Gasteiger partial charge is 0.437 e. The van der Waals surface area contributed by atoms with Crippen molar-refractivity contribution in [2.24, 2.45) is 0 Å². The summed E-state index contributed by atoms with van der Waals surface area (Å²) in [6.45, 7) is 1.99. The fraction of sp³-hybridized carbons (Fsp3) is 0.167. The summed E-state index contributed by atoms with van der Waals surface area (Å²) in [5.41, 5.74) is 2.65. The van der Waals surface area contributed by atoms with Crippen LogP contribution in [0, 0.1) is 6.92 Å². The summed E-state index contributed by atoms with van der Waals surface area (Å²) in [4.78, 5) is 15.2. The zero-order valence-corrected chi connectivity index (χ0v) is 9.15. The van der Waals surface area contributed by atoms with Gasteiger partial charge in [0.05, 0.1) is 0 Å². The summed E-state index contributed by atoms with van der Waals surface area (Å²) in [5.74, 6) is 0.252. The quantitative estimate of drug-likeness (QED) is 0.780. The number of carbonyl (C=O) groups is 1. The van der Waals surface area contributed by atoms with Crippen molar-refractivity contribution in [1.29, 1.82) is 0 Å². The minimum atomic E-state index is -0.182. The second-order valence-corrected chi connectivity index (χ2v) is 3.47. The molecule has 0 atom stereocenters. The maximum atomic E-state index is 11.0. The van der Waals surface area contributed by atoms with E-state index < -0.39 is 0 Å². The van der Waals surface area contributed by atoms with Crippen molar-refractivity contribution in [3.63, 3.8) is 0 Å². The van der Waals surface area contributed by atoms with E-state index in [-0.39, 0.29) is 5.91 Å². The number of fused-ring (bicyclic) bond motifs is 1. The third kappa shape index (κ3) is 2.11. The Bertz CT molecular complexity index is 555. The first kappa shape index (κ1) is 10.4. The molecule has 1 aromatic carbocycles. The lowest BCUT2D eigenvalue weighted by Crippen LogP contribution is -2.13. The Balaban J connectivity index is 2.33. The van der Waals surface area contributed by atoms with Crippen molar-refractivity contribution in [2.45, 2.75) is 6.92 Å². The van der Waals surface area contributed by atoms with E-state index in [2.05, 4.69) is 10.3 Å². The lowest BCUT2D eigenvalue weighted by atomic mass is 10.2. The van der Waals surface area contributed by atoms with Gasteiger partial charge < -0.3 is 9.73 Å². The third-order valence-corrected chi connectivity index (χ3v) is 2.18. The average Bonchev–Trinajstić information content (AvgIpc) is 2.67. The predicted octanol–water partition coefficient (Wildman–Crippen LogP) is 1.90. The molecular formula is C12H12N2O2. The minimum Gasteiger partial charge on any atom is -0.437 e. The molecule has 0 radical (unpaired) electrons. The first-order valence-corrected chi connectivity index (χ1v) is 4.96. The molecule has 82 valence electrons. The van der Waals surface area contributed by atoms with E-state index in [0.29, 0.717) is 5.89 Å². The number of aryl methyl sites for hydroxylation is 1. The van der Waals surface area contributed by atoms with Gasteiger partial charge in [0.2, 0.25) is 11.8 Å². The molecule has 4 heteroatoms. The Morgan fingerprint density at radius 1 is 1.50 bits per heavy atom. The summed E-state index contributed by atoms with van der Waals surface area (Å²) in [5, 5.41) is 2.48. The zero-order valence-electron chi connectivity index (χ0n) is 9.15. The smallest absolute Gasteiger partial charge is 0.243 e. The standard InChI is InChI=1S/C12H12N2O2/c1-8-3-4-10-9(7-8)14-12(16-10)6-5-11(15)13-2/h3-7H,1-2H3,(H,13,15)/b6-5+. The van der Waals surface area contributed by atoms with Crippen molar-refractivity contribution >= 4 is 23.1 Å². The van der Waals surface area contributed by atoms with E-state index in [1.807, 2.05) is 25.1 Å². The van der Waals surface area contributed by atoms with E-state index >= 15 is 0 Å². The number of amides is 1. The van der Waals surface area contributed by atoms with Crippen molar-refractivity contribution in [3.8, 4) is 0 Å². The van der Waals surface area contributed by atoms with Gasteiger partial charge in [0.15, 0.2) is 5.58 Å². The van der Waals surface area contributed by atoms with Crippen LogP contribution in [0.2, 0.25) is 0 Å². The Morgan fingerprint density at radius 3 is 3.06 bits per heavy atom. The average molecular weight is 216 g/mol. The van der Waals surface area contributed by atoms with Gasteiger partial charge >= 0.3 is 0 Å². The first-order chi connectivity index (χ1) is 7.69. The zero-order chi connectivity index (χ0) is 11.5. The summed E-state index contributed by atoms with van der Waals surface area (Å²) < 4.78 is 5.44. The number of aromatic nitrogens is 1. The number of likely N-dealkylation sites (N-methyl/N-ethyl adjacent to an activating group) is 1.